The van der Waals surface area contributed by atoms with Gasteiger partial charge in [0.25, 0.3) is 0 Å². The molecule has 202 valence electrons. The van der Waals surface area contributed by atoms with Crippen LogP contribution < -0.4 is 16.0 Å². The second-order valence-electron chi connectivity index (χ2n) is 11.0. The van der Waals surface area contributed by atoms with Crippen LogP contribution in [0.1, 0.15) is 49.9 Å². The number of likely N-dealkylation sites (N-methyl/N-ethyl adjacent to an activating group) is 1. The van der Waals surface area contributed by atoms with Crippen molar-refractivity contribution in [3.8, 4) is 0 Å². The number of anilines is 1. The molecular formula is C29H32Cl2F2N4O. The molecule has 0 aliphatic carbocycles. The summed E-state index contributed by atoms with van der Waals surface area (Å²) in [6, 6.07) is 11.2. The number of carbonyl (C=O) groups excluding carboxylic acids is 1. The maximum Gasteiger partial charge on any atom is 0.242 e. The van der Waals surface area contributed by atoms with E-state index in [2.05, 4.69) is 41.7 Å². The van der Waals surface area contributed by atoms with Crippen LogP contribution >= 0.6 is 23.2 Å². The van der Waals surface area contributed by atoms with Crippen molar-refractivity contribution in [1.29, 1.82) is 0 Å². The topological polar surface area (TPSA) is 66.0 Å². The Hall–Kier alpha value is -2.58. The third-order valence-corrected chi connectivity index (χ3v) is 7.75. The normalized spacial score (nSPS) is 23.4. The molecular weight excluding hydrogens is 529 g/mol. The largest absolute Gasteiger partial charge is 0.323 e. The summed E-state index contributed by atoms with van der Waals surface area (Å²) in [6.07, 6.45) is 2.18. The van der Waals surface area contributed by atoms with Crippen molar-refractivity contribution in [2.24, 2.45) is 5.41 Å². The Balaban J connectivity index is 1.97. The number of aryl methyl sites for hydroxylation is 1. The molecule has 0 bridgehead atoms. The molecule has 2 heterocycles. The zero-order valence-corrected chi connectivity index (χ0v) is 23.5. The van der Waals surface area contributed by atoms with Gasteiger partial charge >= 0.3 is 0 Å². The Morgan fingerprint density at radius 3 is 2.50 bits per heavy atom. The summed E-state index contributed by atoms with van der Waals surface area (Å²) < 4.78 is 31.5. The number of amides is 1. The summed E-state index contributed by atoms with van der Waals surface area (Å²) in [5, 5.41) is 9.90. The third-order valence-electron chi connectivity index (χ3n) is 7.23. The minimum Gasteiger partial charge on any atom is -0.323 e. The summed E-state index contributed by atoms with van der Waals surface area (Å²) in [4.78, 5) is 18.2. The molecule has 4 rings (SSSR count). The van der Waals surface area contributed by atoms with E-state index >= 15 is 8.78 Å². The molecule has 0 unspecified atom stereocenters. The molecule has 0 saturated carbocycles. The predicted molar refractivity (Wildman–Crippen MR) is 149 cm³/mol. The SMILES string of the molecule is CN[C@]1(c2ccc(Cl)cc2F)[C@H](CC(C)(C)C)N[C@@H](C(=O)Nc2cccnc2C)[C@@H]1c1cccc(Cl)c1F. The third kappa shape index (κ3) is 5.30. The number of carbonyl (C=O) groups is 1. The first-order valence-electron chi connectivity index (χ1n) is 12.5. The molecule has 9 heteroatoms. The molecule has 1 aromatic heterocycles. The maximum absolute atomic E-state index is 15.8. The van der Waals surface area contributed by atoms with Crippen molar-refractivity contribution in [2.45, 2.75) is 57.7 Å². The molecule has 1 amide bonds. The van der Waals surface area contributed by atoms with E-state index in [0.717, 1.165) is 0 Å². The molecule has 3 N–H and O–H groups in total. The Kier molecular flexibility index (Phi) is 8.15. The van der Waals surface area contributed by atoms with Crippen molar-refractivity contribution in [3.63, 3.8) is 0 Å². The highest BCUT2D eigenvalue weighted by Crippen LogP contribution is 2.51. The van der Waals surface area contributed by atoms with Gasteiger partial charge in [0, 0.05) is 28.7 Å². The van der Waals surface area contributed by atoms with Gasteiger partial charge in [-0.3, -0.25) is 9.78 Å². The van der Waals surface area contributed by atoms with Gasteiger partial charge in [-0.1, -0.05) is 62.2 Å². The molecule has 4 atom stereocenters. The highest BCUT2D eigenvalue weighted by molar-refractivity contribution is 6.31. The van der Waals surface area contributed by atoms with Crippen LogP contribution in [0.3, 0.4) is 0 Å². The van der Waals surface area contributed by atoms with Crippen molar-refractivity contribution in [2.75, 3.05) is 12.4 Å². The van der Waals surface area contributed by atoms with Crippen molar-refractivity contribution in [1.82, 2.24) is 15.6 Å². The fourth-order valence-electron chi connectivity index (χ4n) is 5.64. The number of benzene rings is 2. The first-order chi connectivity index (χ1) is 17.9. The van der Waals surface area contributed by atoms with E-state index in [0.29, 0.717) is 17.8 Å². The number of pyridine rings is 1. The predicted octanol–water partition coefficient (Wildman–Crippen LogP) is 6.59. The van der Waals surface area contributed by atoms with E-state index < -0.39 is 41.1 Å². The lowest BCUT2D eigenvalue weighted by Gasteiger charge is -2.43. The number of nitrogens with zero attached hydrogens (tertiary/aromatic N) is 1. The first-order valence-corrected chi connectivity index (χ1v) is 13.2. The van der Waals surface area contributed by atoms with Crippen LogP contribution in [0, 0.1) is 24.0 Å². The van der Waals surface area contributed by atoms with Crippen LogP contribution in [0.15, 0.2) is 54.7 Å². The molecule has 1 aliphatic rings. The van der Waals surface area contributed by atoms with Crippen LogP contribution in [-0.2, 0) is 10.3 Å². The highest BCUT2D eigenvalue weighted by atomic mass is 35.5. The minimum absolute atomic E-state index is 0.0781. The van der Waals surface area contributed by atoms with Gasteiger partial charge < -0.3 is 16.0 Å². The zero-order valence-electron chi connectivity index (χ0n) is 22.0. The Labute approximate surface area is 232 Å². The van der Waals surface area contributed by atoms with Gasteiger partial charge in [-0.2, -0.15) is 0 Å². The van der Waals surface area contributed by atoms with Gasteiger partial charge in [-0.15, -0.1) is 0 Å². The van der Waals surface area contributed by atoms with Crippen molar-refractivity contribution < 1.29 is 13.6 Å². The zero-order chi connectivity index (χ0) is 27.8. The van der Waals surface area contributed by atoms with E-state index in [4.69, 9.17) is 23.2 Å². The van der Waals surface area contributed by atoms with Crippen molar-refractivity contribution >= 4 is 34.8 Å². The molecule has 1 saturated heterocycles. The first kappa shape index (κ1) is 28.4. The summed E-state index contributed by atoms with van der Waals surface area (Å²) >= 11 is 12.3. The molecule has 0 radical (unpaired) electrons. The second-order valence-corrected chi connectivity index (χ2v) is 11.8. The Morgan fingerprint density at radius 2 is 1.87 bits per heavy atom. The minimum atomic E-state index is -1.24. The summed E-state index contributed by atoms with van der Waals surface area (Å²) in [5.74, 6) is -2.48. The summed E-state index contributed by atoms with van der Waals surface area (Å²) in [5.41, 5.74) is 0.206. The number of hydrogen-bond donors (Lipinski definition) is 3. The molecule has 5 nitrogen and oxygen atoms in total. The van der Waals surface area contributed by atoms with E-state index in [-0.39, 0.29) is 26.6 Å². The Bertz CT molecular complexity index is 1350. The van der Waals surface area contributed by atoms with E-state index in [1.54, 1.807) is 56.6 Å². The fourth-order valence-corrected chi connectivity index (χ4v) is 5.98. The smallest absolute Gasteiger partial charge is 0.242 e. The lowest BCUT2D eigenvalue weighted by atomic mass is 9.67. The van der Waals surface area contributed by atoms with Gasteiger partial charge in [0.05, 0.1) is 28.0 Å². The quantitative estimate of drug-likeness (QED) is 0.318. The molecule has 38 heavy (non-hydrogen) atoms. The molecule has 2 aromatic carbocycles. The van der Waals surface area contributed by atoms with E-state index in [9.17, 15) is 4.79 Å². The molecule has 1 fully saturated rings. The standard InChI is InChI=1S/C29H32Cl2F2N4O/c1-16-22(10-7-13-35-16)36-27(38)26-24(18-8-6-9-20(31)25(18)33)29(34-5,23(37-26)15-28(2,3)4)19-12-11-17(30)14-21(19)32/h6-14,23-24,26,34,37H,15H2,1-5H3,(H,36,38)/t23-,24-,26+,29+/m0/s1. The van der Waals surface area contributed by atoms with Gasteiger partial charge in [-0.05, 0) is 61.7 Å². The monoisotopic (exact) mass is 560 g/mol. The van der Waals surface area contributed by atoms with Gasteiger partial charge in [-0.25, -0.2) is 8.78 Å². The highest BCUT2D eigenvalue weighted by Gasteiger charge is 2.59. The van der Waals surface area contributed by atoms with Gasteiger partial charge in [0.1, 0.15) is 11.6 Å². The Morgan fingerprint density at radius 1 is 1.13 bits per heavy atom. The lowest BCUT2D eigenvalue weighted by Crippen LogP contribution is -2.54. The van der Waals surface area contributed by atoms with Crippen LogP contribution in [0.25, 0.3) is 0 Å². The van der Waals surface area contributed by atoms with E-state index in [1.165, 1.54) is 12.1 Å². The van der Waals surface area contributed by atoms with E-state index in [1.807, 2.05) is 0 Å². The number of aromatic nitrogens is 1. The van der Waals surface area contributed by atoms with Crippen LogP contribution in [-0.4, -0.2) is 30.0 Å². The average molecular weight is 562 g/mol. The van der Waals surface area contributed by atoms with Gasteiger partial charge in [0.2, 0.25) is 5.91 Å². The molecule has 0 spiro atoms. The summed E-state index contributed by atoms with van der Waals surface area (Å²) in [6.45, 7) is 7.98. The number of rotatable bonds is 6. The van der Waals surface area contributed by atoms with Crippen molar-refractivity contribution in [3.05, 3.63) is 93.2 Å². The number of hydrogen-bond acceptors (Lipinski definition) is 4. The van der Waals surface area contributed by atoms with Crippen LogP contribution in [0.4, 0.5) is 14.5 Å². The molecule has 3 aromatic rings. The number of halogens is 4. The fraction of sp³-hybridized carbons (Fsp3) is 0.379. The van der Waals surface area contributed by atoms with Crippen LogP contribution in [0.2, 0.25) is 10.0 Å². The average Bonchev–Trinajstić information content (AvgIpc) is 3.15. The van der Waals surface area contributed by atoms with Gasteiger partial charge in [0.15, 0.2) is 0 Å². The molecule has 1 aliphatic heterocycles. The maximum atomic E-state index is 15.8. The number of nitrogens with one attached hydrogen (secondary N) is 3. The summed E-state index contributed by atoms with van der Waals surface area (Å²) in [7, 11) is 1.70. The lowest BCUT2D eigenvalue weighted by molar-refractivity contribution is -0.118. The van der Waals surface area contributed by atoms with Crippen LogP contribution in [0.5, 0.6) is 0 Å². The second kappa shape index (κ2) is 10.9.